The average molecular weight is 272 g/mol. The lowest BCUT2D eigenvalue weighted by Crippen LogP contribution is -2.52. The second-order valence-corrected chi connectivity index (χ2v) is 7.36. The Bertz CT molecular complexity index is 528. The summed E-state index contributed by atoms with van der Waals surface area (Å²) in [7, 11) is 0. The molecule has 0 aliphatic heterocycles. The number of aliphatic hydroxyl groups is 1. The van der Waals surface area contributed by atoms with Crippen LogP contribution in [0.4, 0.5) is 0 Å². The quantitative estimate of drug-likeness (QED) is 0.685. The van der Waals surface area contributed by atoms with E-state index in [1.807, 2.05) is 0 Å². The zero-order valence-electron chi connectivity index (χ0n) is 12.3. The predicted octanol–water partition coefficient (Wildman–Crippen LogP) is 3.55. The highest BCUT2D eigenvalue weighted by atomic mass is 16.3. The van der Waals surface area contributed by atoms with Crippen molar-refractivity contribution >= 4 is 5.78 Å². The molecule has 0 bridgehead atoms. The summed E-state index contributed by atoms with van der Waals surface area (Å²) in [5.74, 6) is 2.01. The van der Waals surface area contributed by atoms with Crippen LogP contribution in [0.15, 0.2) is 22.8 Å². The second-order valence-electron chi connectivity index (χ2n) is 7.36. The number of carbonyl (C=O) groups is 1. The van der Waals surface area contributed by atoms with Crippen LogP contribution in [0.2, 0.25) is 0 Å². The molecule has 2 nitrogen and oxygen atoms in total. The van der Waals surface area contributed by atoms with E-state index >= 15 is 0 Å². The molecule has 0 amide bonds. The molecule has 1 N–H and O–H groups in total. The van der Waals surface area contributed by atoms with Gasteiger partial charge in [-0.15, -0.1) is 0 Å². The van der Waals surface area contributed by atoms with Crippen LogP contribution in [-0.2, 0) is 4.79 Å². The van der Waals surface area contributed by atoms with Crippen molar-refractivity contribution in [3.05, 3.63) is 22.8 Å². The van der Waals surface area contributed by atoms with Gasteiger partial charge in [-0.25, -0.2) is 0 Å². The van der Waals surface area contributed by atoms with Crippen LogP contribution < -0.4 is 0 Å². The van der Waals surface area contributed by atoms with E-state index in [2.05, 4.69) is 6.92 Å². The van der Waals surface area contributed by atoms with Gasteiger partial charge in [0.2, 0.25) is 0 Å². The molecule has 0 heterocycles. The van der Waals surface area contributed by atoms with Crippen LogP contribution in [-0.4, -0.2) is 16.5 Å². The van der Waals surface area contributed by atoms with Crippen LogP contribution in [0.5, 0.6) is 0 Å². The average Bonchev–Trinajstić information content (AvgIpc) is 2.82. The fraction of sp³-hybridized carbons (Fsp3) is 0.722. The van der Waals surface area contributed by atoms with Crippen molar-refractivity contribution in [2.45, 2.75) is 63.9 Å². The molecule has 0 spiro atoms. The van der Waals surface area contributed by atoms with Gasteiger partial charge in [0, 0.05) is 6.42 Å². The standard InChI is InChI=1S/C18H24O2/c1-11-2-4-15-14(11)6-7-17-16(15)5-3-12-10-13(19)8-9-18(12,17)20/h10,15-17,20H,2-9H2,1H3. The molecule has 4 aliphatic carbocycles. The zero-order valence-corrected chi connectivity index (χ0v) is 12.3. The Balaban J connectivity index is 1.70. The maximum absolute atomic E-state index is 11.7. The summed E-state index contributed by atoms with van der Waals surface area (Å²) >= 11 is 0. The van der Waals surface area contributed by atoms with Crippen LogP contribution in [0.25, 0.3) is 0 Å². The van der Waals surface area contributed by atoms with Crippen LogP contribution in [0.1, 0.15) is 58.3 Å². The third-order valence-electron chi connectivity index (χ3n) is 6.59. The molecule has 2 saturated carbocycles. The van der Waals surface area contributed by atoms with Crippen molar-refractivity contribution in [2.75, 3.05) is 0 Å². The minimum absolute atomic E-state index is 0.219. The minimum Gasteiger partial charge on any atom is -0.385 e. The molecule has 0 aromatic heterocycles. The maximum atomic E-state index is 11.7. The second kappa shape index (κ2) is 4.30. The number of hydrogen-bond donors (Lipinski definition) is 1. The van der Waals surface area contributed by atoms with Gasteiger partial charge in [-0.1, -0.05) is 11.1 Å². The van der Waals surface area contributed by atoms with Crippen molar-refractivity contribution in [1.29, 1.82) is 0 Å². The number of ketones is 1. The van der Waals surface area contributed by atoms with Crippen LogP contribution in [0, 0.1) is 17.8 Å². The van der Waals surface area contributed by atoms with Crippen molar-refractivity contribution in [3.63, 3.8) is 0 Å². The fourth-order valence-corrected chi connectivity index (χ4v) is 5.60. The van der Waals surface area contributed by atoms with Gasteiger partial charge in [0.1, 0.15) is 0 Å². The molecule has 0 aromatic carbocycles. The molecule has 4 aliphatic rings. The number of rotatable bonds is 0. The van der Waals surface area contributed by atoms with E-state index in [4.69, 9.17) is 0 Å². The lowest BCUT2D eigenvalue weighted by Gasteiger charge is -2.52. The zero-order chi connectivity index (χ0) is 13.9. The highest BCUT2D eigenvalue weighted by molar-refractivity contribution is 5.92. The molecular formula is C18H24O2. The summed E-state index contributed by atoms with van der Waals surface area (Å²) in [5.41, 5.74) is 3.74. The normalized spacial score (nSPS) is 43.8. The first-order valence-corrected chi connectivity index (χ1v) is 8.24. The van der Waals surface area contributed by atoms with Gasteiger partial charge in [-0.3, -0.25) is 4.79 Å². The Kier molecular flexibility index (Phi) is 2.76. The van der Waals surface area contributed by atoms with Crippen molar-refractivity contribution in [2.24, 2.45) is 17.8 Å². The first-order chi connectivity index (χ1) is 9.59. The summed E-state index contributed by atoms with van der Waals surface area (Å²) in [5, 5.41) is 11.3. The van der Waals surface area contributed by atoms with E-state index in [0.29, 0.717) is 24.7 Å². The fourth-order valence-electron chi connectivity index (χ4n) is 5.60. The van der Waals surface area contributed by atoms with Gasteiger partial charge >= 0.3 is 0 Å². The maximum Gasteiger partial charge on any atom is 0.155 e. The van der Waals surface area contributed by atoms with Gasteiger partial charge < -0.3 is 5.11 Å². The first-order valence-electron chi connectivity index (χ1n) is 8.24. The summed E-state index contributed by atoms with van der Waals surface area (Å²) < 4.78 is 0. The largest absolute Gasteiger partial charge is 0.385 e. The third kappa shape index (κ3) is 1.64. The SMILES string of the molecule is CC1=C2CCC3C(CCC4=CC(=O)CCC43O)C2CC1. The first kappa shape index (κ1) is 12.8. The van der Waals surface area contributed by atoms with Crippen LogP contribution >= 0.6 is 0 Å². The number of allylic oxidation sites excluding steroid dienone is 3. The highest BCUT2D eigenvalue weighted by Crippen LogP contribution is 2.57. The topological polar surface area (TPSA) is 37.3 Å². The van der Waals surface area contributed by atoms with Crippen LogP contribution in [0.3, 0.4) is 0 Å². The van der Waals surface area contributed by atoms with E-state index in [1.54, 1.807) is 17.2 Å². The summed E-state index contributed by atoms with van der Waals surface area (Å²) in [6, 6.07) is 0. The lowest BCUT2D eigenvalue weighted by molar-refractivity contribution is -0.120. The molecule has 0 saturated heterocycles. The van der Waals surface area contributed by atoms with E-state index in [1.165, 1.54) is 25.7 Å². The molecule has 0 radical (unpaired) electrons. The van der Waals surface area contributed by atoms with Crippen molar-refractivity contribution in [3.8, 4) is 0 Å². The molecule has 4 rings (SSSR count). The Hall–Kier alpha value is -0.890. The van der Waals surface area contributed by atoms with Gasteiger partial charge in [0.05, 0.1) is 5.60 Å². The van der Waals surface area contributed by atoms with E-state index in [0.717, 1.165) is 24.3 Å². The molecule has 2 fully saturated rings. The lowest BCUT2D eigenvalue weighted by atomic mass is 9.55. The molecule has 20 heavy (non-hydrogen) atoms. The van der Waals surface area contributed by atoms with E-state index < -0.39 is 5.60 Å². The molecule has 4 unspecified atom stereocenters. The van der Waals surface area contributed by atoms with Gasteiger partial charge in [0.25, 0.3) is 0 Å². The minimum atomic E-state index is -0.654. The van der Waals surface area contributed by atoms with E-state index in [9.17, 15) is 9.90 Å². The van der Waals surface area contributed by atoms with E-state index in [-0.39, 0.29) is 5.78 Å². The Labute approximate surface area is 120 Å². The third-order valence-corrected chi connectivity index (χ3v) is 6.59. The molecule has 2 heteroatoms. The van der Waals surface area contributed by atoms with Crippen molar-refractivity contribution < 1.29 is 9.90 Å². The highest BCUT2D eigenvalue weighted by Gasteiger charge is 2.53. The van der Waals surface area contributed by atoms with Gasteiger partial charge in [0.15, 0.2) is 5.78 Å². The predicted molar refractivity (Wildman–Crippen MR) is 78.1 cm³/mol. The summed E-state index contributed by atoms with van der Waals surface area (Å²) in [6.07, 6.45) is 9.96. The van der Waals surface area contributed by atoms with Gasteiger partial charge in [-0.05, 0) is 81.3 Å². The van der Waals surface area contributed by atoms with Crippen molar-refractivity contribution in [1.82, 2.24) is 0 Å². The Morgan fingerprint density at radius 2 is 2.00 bits per heavy atom. The smallest absolute Gasteiger partial charge is 0.155 e. The number of fused-ring (bicyclic) bond motifs is 5. The number of carbonyl (C=O) groups excluding carboxylic acids is 1. The summed E-state index contributed by atoms with van der Waals surface area (Å²) in [6.45, 7) is 2.30. The molecule has 108 valence electrons. The Morgan fingerprint density at radius 1 is 1.15 bits per heavy atom. The summed E-state index contributed by atoms with van der Waals surface area (Å²) in [4.78, 5) is 11.7. The monoisotopic (exact) mass is 272 g/mol. The number of hydrogen-bond acceptors (Lipinski definition) is 2. The molecule has 0 aromatic rings. The van der Waals surface area contributed by atoms with Gasteiger partial charge in [-0.2, -0.15) is 0 Å². The molecular weight excluding hydrogens is 248 g/mol. The Morgan fingerprint density at radius 3 is 2.85 bits per heavy atom. The molecule has 4 atom stereocenters.